The number of hydrogen-bond donors (Lipinski definition) is 2. The third kappa shape index (κ3) is 4.74. The number of benzene rings is 1. The molecule has 0 amide bonds. The Bertz CT molecular complexity index is 620. The lowest BCUT2D eigenvalue weighted by atomic mass is 9.96. The van der Waals surface area contributed by atoms with Crippen LogP contribution in [-0.2, 0) is 5.41 Å². The molecule has 0 aromatic heterocycles. The highest BCUT2D eigenvalue weighted by molar-refractivity contribution is 5.79. The number of nitrogens with zero attached hydrogens (tertiary/aromatic N) is 3. The second-order valence-corrected chi connectivity index (χ2v) is 7.79. The first-order valence-electron chi connectivity index (χ1n) is 9.65. The molecule has 5 nitrogen and oxygen atoms in total. The van der Waals surface area contributed by atoms with Crippen molar-refractivity contribution in [3.8, 4) is 0 Å². The molecular weight excluding hydrogens is 329 g/mol. The SMILES string of the molecule is CN=C(NCC(C)N1CCN(C)CC1)NCC1(c2cccc(F)c2)CC1. The summed E-state index contributed by atoms with van der Waals surface area (Å²) in [7, 11) is 3.98. The van der Waals surface area contributed by atoms with E-state index in [9.17, 15) is 4.39 Å². The Kier molecular flexibility index (Phi) is 6.14. The molecule has 0 radical (unpaired) electrons. The van der Waals surface area contributed by atoms with Gasteiger partial charge in [-0.15, -0.1) is 0 Å². The summed E-state index contributed by atoms with van der Waals surface area (Å²) in [6, 6.07) is 7.48. The molecule has 0 spiro atoms. The Morgan fingerprint density at radius 1 is 1.23 bits per heavy atom. The predicted molar refractivity (Wildman–Crippen MR) is 105 cm³/mol. The maximum absolute atomic E-state index is 13.5. The molecule has 1 aromatic carbocycles. The van der Waals surface area contributed by atoms with Gasteiger partial charge in [-0.1, -0.05) is 12.1 Å². The summed E-state index contributed by atoms with van der Waals surface area (Å²) >= 11 is 0. The largest absolute Gasteiger partial charge is 0.356 e. The average Bonchev–Trinajstić information content (AvgIpc) is 3.43. The van der Waals surface area contributed by atoms with E-state index in [4.69, 9.17) is 0 Å². The molecule has 1 aliphatic carbocycles. The van der Waals surface area contributed by atoms with E-state index >= 15 is 0 Å². The number of guanidine groups is 1. The molecule has 6 heteroatoms. The van der Waals surface area contributed by atoms with E-state index in [0.29, 0.717) is 6.04 Å². The summed E-state index contributed by atoms with van der Waals surface area (Å²) in [6.45, 7) is 8.43. The normalized spacial score (nSPS) is 22.1. The Morgan fingerprint density at radius 3 is 2.58 bits per heavy atom. The molecule has 1 heterocycles. The summed E-state index contributed by atoms with van der Waals surface area (Å²) in [4.78, 5) is 9.25. The van der Waals surface area contributed by atoms with E-state index in [2.05, 4.69) is 39.4 Å². The summed E-state index contributed by atoms with van der Waals surface area (Å²) in [5, 5.41) is 6.90. The molecule has 2 fully saturated rings. The molecule has 2 aliphatic rings. The van der Waals surface area contributed by atoms with Crippen LogP contribution in [0.25, 0.3) is 0 Å². The van der Waals surface area contributed by atoms with Gasteiger partial charge in [0, 0.05) is 57.8 Å². The average molecular weight is 362 g/mol. The van der Waals surface area contributed by atoms with Crippen molar-refractivity contribution in [2.24, 2.45) is 4.99 Å². The lowest BCUT2D eigenvalue weighted by molar-refractivity contribution is 0.120. The fourth-order valence-electron chi connectivity index (χ4n) is 3.65. The number of nitrogens with one attached hydrogen (secondary N) is 2. The van der Waals surface area contributed by atoms with Crippen molar-refractivity contribution in [3.05, 3.63) is 35.6 Å². The maximum atomic E-state index is 13.5. The van der Waals surface area contributed by atoms with Crippen LogP contribution in [0.5, 0.6) is 0 Å². The van der Waals surface area contributed by atoms with Crippen LogP contribution in [0.2, 0.25) is 0 Å². The van der Waals surface area contributed by atoms with Crippen molar-refractivity contribution in [2.45, 2.75) is 31.2 Å². The second kappa shape index (κ2) is 8.35. The number of hydrogen-bond acceptors (Lipinski definition) is 3. The lowest BCUT2D eigenvalue weighted by Crippen LogP contribution is -2.52. The van der Waals surface area contributed by atoms with E-state index in [0.717, 1.165) is 63.6 Å². The van der Waals surface area contributed by atoms with Crippen molar-refractivity contribution in [3.63, 3.8) is 0 Å². The molecule has 1 unspecified atom stereocenters. The van der Waals surface area contributed by atoms with Gasteiger partial charge in [0.15, 0.2) is 5.96 Å². The van der Waals surface area contributed by atoms with E-state index < -0.39 is 0 Å². The van der Waals surface area contributed by atoms with E-state index in [1.165, 1.54) is 6.07 Å². The van der Waals surface area contributed by atoms with Gasteiger partial charge in [0.05, 0.1) is 0 Å². The van der Waals surface area contributed by atoms with Crippen molar-refractivity contribution in [1.82, 2.24) is 20.4 Å². The van der Waals surface area contributed by atoms with Gasteiger partial charge in [-0.3, -0.25) is 9.89 Å². The molecule has 2 N–H and O–H groups in total. The standard InChI is InChI=1S/C20H32FN5/c1-16(26-11-9-25(3)10-12-26)14-23-19(22-2)24-15-20(7-8-20)17-5-4-6-18(21)13-17/h4-6,13,16H,7-12,14-15H2,1-3H3,(H2,22,23,24). The van der Waals surface area contributed by atoms with Crippen LogP contribution >= 0.6 is 0 Å². The molecule has 1 aromatic rings. The smallest absolute Gasteiger partial charge is 0.191 e. The van der Waals surface area contributed by atoms with Crippen molar-refractivity contribution in [2.75, 3.05) is 53.4 Å². The van der Waals surface area contributed by atoms with E-state index in [1.54, 1.807) is 19.2 Å². The molecule has 3 rings (SSSR count). The highest BCUT2D eigenvalue weighted by Crippen LogP contribution is 2.47. The highest BCUT2D eigenvalue weighted by atomic mass is 19.1. The topological polar surface area (TPSA) is 42.9 Å². The second-order valence-electron chi connectivity index (χ2n) is 7.79. The summed E-state index contributed by atoms with van der Waals surface area (Å²) < 4.78 is 13.5. The number of aliphatic imine (C=N–C) groups is 1. The summed E-state index contributed by atoms with van der Waals surface area (Å²) in [5.74, 6) is 0.672. The van der Waals surface area contributed by atoms with E-state index in [-0.39, 0.29) is 11.2 Å². The van der Waals surface area contributed by atoms with E-state index in [1.807, 2.05) is 6.07 Å². The molecule has 144 valence electrons. The lowest BCUT2D eigenvalue weighted by Gasteiger charge is -2.36. The number of piperazine rings is 1. The quantitative estimate of drug-likeness (QED) is 0.597. The van der Waals surface area contributed by atoms with Crippen LogP contribution in [0, 0.1) is 5.82 Å². The Morgan fingerprint density at radius 2 is 1.96 bits per heavy atom. The molecular formula is C20H32FN5. The minimum Gasteiger partial charge on any atom is -0.356 e. The predicted octanol–water partition coefficient (Wildman–Crippen LogP) is 1.66. The van der Waals surface area contributed by atoms with Gasteiger partial charge in [0.1, 0.15) is 5.82 Å². The summed E-state index contributed by atoms with van der Waals surface area (Å²) in [6.07, 6.45) is 2.19. The van der Waals surface area contributed by atoms with Crippen LogP contribution in [0.1, 0.15) is 25.3 Å². The molecule has 0 bridgehead atoms. The molecule has 1 atom stereocenters. The minimum absolute atomic E-state index is 0.0583. The van der Waals surface area contributed by atoms with Gasteiger partial charge in [-0.2, -0.15) is 0 Å². The molecule has 1 saturated carbocycles. The zero-order chi connectivity index (χ0) is 18.6. The number of rotatable bonds is 6. The zero-order valence-electron chi connectivity index (χ0n) is 16.3. The van der Waals surface area contributed by atoms with Gasteiger partial charge in [0.2, 0.25) is 0 Å². The molecule has 26 heavy (non-hydrogen) atoms. The summed E-state index contributed by atoms with van der Waals surface area (Å²) in [5.41, 5.74) is 1.15. The van der Waals surface area contributed by atoms with Crippen LogP contribution in [0.15, 0.2) is 29.3 Å². The van der Waals surface area contributed by atoms with Crippen LogP contribution < -0.4 is 10.6 Å². The van der Waals surface area contributed by atoms with Crippen LogP contribution in [0.3, 0.4) is 0 Å². The Balaban J connectivity index is 1.46. The first-order chi connectivity index (χ1) is 12.5. The van der Waals surface area contributed by atoms with Gasteiger partial charge < -0.3 is 15.5 Å². The number of likely N-dealkylation sites (N-methyl/N-ethyl adjacent to an activating group) is 1. The van der Waals surface area contributed by atoms with Gasteiger partial charge in [-0.25, -0.2) is 4.39 Å². The first-order valence-corrected chi connectivity index (χ1v) is 9.65. The van der Waals surface area contributed by atoms with Crippen LogP contribution in [-0.4, -0.2) is 75.2 Å². The van der Waals surface area contributed by atoms with Crippen molar-refractivity contribution < 1.29 is 4.39 Å². The van der Waals surface area contributed by atoms with Gasteiger partial charge >= 0.3 is 0 Å². The fraction of sp³-hybridized carbons (Fsp3) is 0.650. The van der Waals surface area contributed by atoms with Crippen molar-refractivity contribution in [1.29, 1.82) is 0 Å². The number of halogens is 1. The zero-order valence-corrected chi connectivity index (χ0v) is 16.3. The molecule has 1 aliphatic heterocycles. The monoisotopic (exact) mass is 361 g/mol. The van der Waals surface area contributed by atoms with Crippen molar-refractivity contribution >= 4 is 5.96 Å². The Hall–Kier alpha value is -1.66. The molecule has 1 saturated heterocycles. The Labute approximate surface area is 156 Å². The van der Waals surface area contributed by atoms with Gasteiger partial charge in [-0.05, 0) is 44.5 Å². The van der Waals surface area contributed by atoms with Gasteiger partial charge in [0.25, 0.3) is 0 Å². The maximum Gasteiger partial charge on any atom is 0.191 e. The first kappa shape index (κ1) is 19.1. The highest BCUT2D eigenvalue weighted by Gasteiger charge is 2.44. The third-order valence-electron chi connectivity index (χ3n) is 5.83. The van der Waals surface area contributed by atoms with Crippen LogP contribution in [0.4, 0.5) is 4.39 Å². The fourth-order valence-corrected chi connectivity index (χ4v) is 3.65. The minimum atomic E-state index is -0.155. The third-order valence-corrected chi connectivity index (χ3v) is 5.83.